The van der Waals surface area contributed by atoms with E-state index in [4.69, 9.17) is 11.5 Å². The number of carboxylic acids is 2. The van der Waals surface area contributed by atoms with Gasteiger partial charge >= 0.3 is 59.1 Å². The summed E-state index contributed by atoms with van der Waals surface area (Å²) in [7, 11) is 7.09. The SMILES string of the molecule is CN(CC(=O)[O-])/C(N)=N\P.CN(CC(=O)[O-])/C(N)=N\P.O.[Na+].[Na+]. The fraction of sp³-hybridized carbons (Fsp3) is 0.500. The van der Waals surface area contributed by atoms with Crippen LogP contribution in [0.15, 0.2) is 9.53 Å². The van der Waals surface area contributed by atoms with Crippen molar-refractivity contribution in [1.29, 1.82) is 0 Å². The van der Waals surface area contributed by atoms with E-state index in [1.165, 1.54) is 23.9 Å². The Bertz CT molecular complexity index is 365. The molecule has 0 rings (SSSR count). The molecule has 11 nitrogen and oxygen atoms in total. The van der Waals surface area contributed by atoms with Gasteiger partial charge in [-0.2, -0.15) is 0 Å². The zero-order valence-electron chi connectivity index (χ0n) is 13.6. The van der Waals surface area contributed by atoms with E-state index in [0.29, 0.717) is 0 Å². The Hall–Kier alpha value is 0.300. The summed E-state index contributed by atoms with van der Waals surface area (Å²) in [5.41, 5.74) is 10.5. The Balaban J connectivity index is -0.0000000831. The number of hydrogen-bond donors (Lipinski definition) is 2. The Kier molecular flexibility index (Phi) is 30.6. The zero-order valence-corrected chi connectivity index (χ0v) is 20.0. The molecular weight excluding hydrogens is 368 g/mol. The van der Waals surface area contributed by atoms with Crippen molar-refractivity contribution in [3.63, 3.8) is 0 Å². The normalized spacial score (nSPS) is 9.74. The number of rotatable bonds is 4. The number of guanidine groups is 2. The Morgan fingerprint density at radius 3 is 1.26 bits per heavy atom. The molecule has 0 saturated carbocycles. The number of likely N-dealkylation sites (N-methyl/N-ethyl adjacent to an activating group) is 2. The molecule has 0 aromatic rings. The molecule has 23 heavy (non-hydrogen) atoms. The summed E-state index contributed by atoms with van der Waals surface area (Å²) in [6.45, 7) is -0.493. The number of carboxylic acid groups (broad SMARTS) is 2. The van der Waals surface area contributed by atoms with Gasteiger partial charge in [-0.3, -0.25) is 0 Å². The third kappa shape index (κ3) is 22.3. The average Bonchev–Trinajstić information content (AvgIpc) is 2.35. The summed E-state index contributed by atoms with van der Waals surface area (Å²) in [6.07, 6.45) is 0. The minimum atomic E-state index is -1.18. The number of nitrogens with two attached hydrogens (primary N) is 2. The van der Waals surface area contributed by atoms with Crippen molar-refractivity contribution in [3.8, 4) is 0 Å². The molecule has 0 heterocycles. The minimum absolute atomic E-state index is 0. The molecule has 0 saturated heterocycles. The van der Waals surface area contributed by atoms with Gasteiger partial charge < -0.3 is 46.5 Å². The molecule has 0 aromatic heterocycles. The van der Waals surface area contributed by atoms with Crippen LogP contribution in [0.4, 0.5) is 0 Å². The first kappa shape index (κ1) is 34.6. The van der Waals surface area contributed by atoms with Crippen molar-refractivity contribution in [1.82, 2.24) is 9.80 Å². The standard InChI is InChI=1S/2C4H10N3O2P.2Na.H2O/c2*1-7(2-3(8)9)4(5)6-10;;;/h2*2,10H2,1H3,(H2,5,6)(H,8,9);;;1H2/q;;2*+1;/p-2. The van der Waals surface area contributed by atoms with Crippen molar-refractivity contribution in [2.75, 3.05) is 27.2 Å². The molecular formula is C8H20N6Na2O5P2. The van der Waals surface area contributed by atoms with Crippen molar-refractivity contribution in [2.24, 2.45) is 21.0 Å². The van der Waals surface area contributed by atoms with Crippen molar-refractivity contribution >= 4 is 42.6 Å². The van der Waals surface area contributed by atoms with Gasteiger partial charge in [0.1, 0.15) is 0 Å². The van der Waals surface area contributed by atoms with Gasteiger partial charge in [0, 0.05) is 14.1 Å². The van der Waals surface area contributed by atoms with Gasteiger partial charge in [0.05, 0.1) is 25.0 Å². The molecule has 0 aliphatic heterocycles. The monoisotopic (exact) mass is 388 g/mol. The van der Waals surface area contributed by atoms with Crippen molar-refractivity contribution in [2.45, 2.75) is 0 Å². The molecule has 2 unspecified atom stereocenters. The average molecular weight is 388 g/mol. The summed E-state index contributed by atoms with van der Waals surface area (Å²) in [6, 6.07) is 0. The summed E-state index contributed by atoms with van der Waals surface area (Å²) in [5, 5.41) is 19.9. The zero-order chi connectivity index (χ0) is 16.3. The second-order valence-corrected chi connectivity index (χ2v) is 3.95. The van der Waals surface area contributed by atoms with Crippen LogP contribution in [0.3, 0.4) is 0 Å². The summed E-state index contributed by atoms with van der Waals surface area (Å²) in [4.78, 5) is 22.5. The maximum Gasteiger partial charge on any atom is 1.00 e. The first-order chi connectivity index (χ1) is 9.15. The maximum atomic E-state index is 9.96. The Morgan fingerprint density at radius 2 is 1.13 bits per heavy atom. The topological polar surface area (TPSA) is 195 Å². The predicted molar refractivity (Wildman–Crippen MR) is 81.6 cm³/mol. The van der Waals surface area contributed by atoms with Gasteiger partial charge in [-0.15, -0.1) is 0 Å². The number of carbonyl (C=O) groups is 2. The van der Waals surface area contributed by atoms with E-state index in [9.17, 15) is 19.8 Å². The van der Waals surface area contributed by atoms with Gasteiger partial charge in [0.15, 0.2) is 11.9 Å². The summed E-state index contributed by atoms with van der Waals surface area (Å²) < 4.78 is 6.97. The minimum Gasteiger partial charge on any atom is -0.548 e. The molecule has 0 amide bonds. The molecule has 15 heteroatoms. The fourth-order valence-corrected chi connectivity index (χ4v) is 1.14. The Morgan fingerprint density at radius 1 is 0.913 bits per heavy atom. The number of nitrogens with zero attached hydrogens (tertiary/aromatic N) is 4. The van der Waals surface area contributed by atoms with Crippen LogP contribution in [0.1, 0.15) is 0 Å². The van der Waals surface area contributed by atoms with Crippen LogP contribution in [-0.4, -0.2) is 66.3 Å². The van der Waals surface area contributed by atoms with E-state index in [-0.39, 0.29) is 89.6 Å². The van der Waals surface area contributed by atoms with Crippen LogP contribution in [0.25, 0.3) is 0 Å². The maximum absolute atomic E-state index is 9.96. The molecule has 0 aliphatic carbocycles. The van der Waals surface area contributed by atoms with Crippen LogP contribution in [-0.2, 0) is 9.59 Å². The van der Waals surface area contributed by atoms with Crippen LogP contribution >= 0.6 is 18.8 Å². The van der Waals surface area contributed by atoms with Gasteiger partial charge in [-0.05, 0) is 18.8 Å². The first-order valence-corrected chi connectivity index (χ1v) is 6.07. The molecule has 0 fully saturated rings. The molecule has 0 radical (unpaired) electrons. The van der Waals surface area contributed by atoms with Gasteiger partial charge in [0.25, 0.3) is 0 Å². The van der Waals surface area contributed by atoms with E-state index in [2.05, 4.69) is 9.53 Å². The smallest absolute Gasteiger partial charge is 0.548 e. The van der Waals surface area contributed by atoms with Gasteiger partial charge in [-0.1, -0.05) is 0 Å². The third-order valence-electron chi connectivity index (χ3n) is 1.78. The molecule has 6 N–H and O–H groups in total. The van der Waals surface area contributed by atoms with Gasteiger partial charge in [0.2, 0.25) is 0 Å². The van der Waals surface area contributed by atoms with E-state index in [1.54, 1.807) is 0 Å². The number of carbonyl (C=O) groups excluding carboxylic acids is 2. The molecule has 0 aliphatic rings. The Labute approximate surface area is 183 Å². The quantitative estimate of drug-likeness (QED) is 0.205. The second-order valence-electron chi connectivity index (χ2n) is 3.43. The largest absolute Gasteiger partial charge is 1.00 e. The molecule has 124 valence electrons. The van der Waals surface area contributed by atoms with Crippen molar-refractivity contribution < 1.29 is 84.4 Å². The van der Waals surface area contributed by atoms with Crippen molar-refractivity contribution in [3.05, 3.63) is 0 Å². The van der Waals surface area contributed by atoms with Crippen LogP contribution in [0.5, 0.6) is 0 Å². The summed E-state index contributed by atoms with van der Waals surface area (Å²) >= 11 is 0. The van der Waals surface area contributed by atoms with Crippen LogP contribution < -0.4 is 80.8 Å². The van der Waals surface area contributed by atoms with E-state index in [1.807, 2.05) is 18.8 Å². The first-order valence-electron chi connectivity index (χ1n) is 5.04. The summed E-state index contributed by atoms with van der Waals surface area (Å²) in [5.74, 6) is -2.07. The molecule has 0 aromatic carbocycles. The number of hydrogen-bond acceptors (Lipinski definition) is 6. The van der Waals surface area contributed by atoms with E-state index in [0.717, 1.165) is 0 Å². The second kappa shape index (κ2) is 20.3. The predicted octanol–water partition coefficient (Wildman–Crippen LogP) is -11.3. The molecule has 2 atom stereocenters. The number of aliphatic carboxylic acids is 2. The van der Waals surface area contributed by atoms with E-state index < -0.39 is 11.9 Å². The van der Waals surface area contributed by atoms with Crippen LogP contribution in [0.2, 0.25) is 0 Å². The van der Waals surface area contributed by atoms with E-state index >= 15 is 0 Å². The molecule has 0 bridgehead atoms. The third-order valence-corrected chi connectivity index (χ3v) is 2.31. The molecule has 0 spiro atoms. The van der Waals surface area contributed by atoms with Gasteiger partial charge in [-0.25, -0.2) is 9.53 Å². The fourth-order valence-electron chi connectivity index (χ4n) is 0.746. The van der Waals surface area contributed by atoms with Crippen LogP contribution in [0, 0.1) is 0 Å².